The van der Waals surface area contributed by atoms with E-state index in [4.69, 9.17) is 9.47 Å². The number of ether oxygens (including phenoxy) is 2. The molecule has 2 aromatic carbocycles. The van der Waals surface area contributed by atoms with Gasteiger partial charge in [-0.25, -0.2) is 9.18 Å². The number of hydrogen-bond donors (Lipinski definition) is 2. The lowest BCUT2D eigenvalue weighted by atomic mass is 10.1. The van der Waals surface area contributed by atoms with Gasteiger partial charge in [-0.2, -0.15) is 0 Å². The summed E-state index contributed by atoms with van der Waals surface area (Å²) in [6.07, 6.45) is 1.33. The van der Waals surface area contributed by atoms with E-state index < -0.39 is 11.9 Å². The maximum atomic E-state index is 13.0. The fourth-order valence-corrected chi connectivity index (χ4v) is 2.25. The van der Waals surface area contributed by atoms with Crippen LogP contribution in [-0.4, -0.2) is 23.6 Å². The lowest BCUT2D eigenvalue weighted by Gasteiger charge is -2.13. The quantitative estimate of drug-likeness (QED) is 0.693. The van der Waals surface area contributed by atoms with Crippen LogP contribution in [-0.2, 0) is 16.2 Å². The predicted octanol–water partition coefficient (Wildman–Crippen LogP) is 3.37. The van der Waals surface area contributed by atoms with Crippen LogP contribution >= 0.6 is 0 Å². The molecule has 0 unspecified atom stereocenters. The Kier molecular flexibility index (Phi) is 6.93. The molecule has 2 aromatic rings. The van der Waals surface area contributed by atoms with Crippen molar-refractivity contribution >= 4 is 18.0 Å². The SMILES string of the molecule is CCOc1cc(/C=C(/NC(C)=O)C(=O)O)ccc1OCc1ccc(F)cc1. The molecule has 0 aliphatic carbocycles. The van der Waals surface area contributed by atoms with E-state index in [1.807, 2.05) is 6.92 Å². The lowest BCUT2D eigenvalue weighted by Crippen LogP contribution is -2.24. The summed E-state index contributed by atoms with van der Waals surface area (Å²) in [5.41, 5.74) is 1.07. The molecule has 2 N–H and O–H groups in total. The van der Waals surface area contributed by atoms with Gasteiger partial charge in [-0.15, -0.1) is 0 Å². The van der Waals surface area contributed by atoms with Crippen LogP contribution in [0.15, 0.2) is 48.2 Å². The van der Waals surface area contributed by atoms with Gasteiger partial charge >= 0.3 is 5.97 Å². The number of carbonyl (C=O) groups is 2. The minimum absolute atomic E-state index is 0.224. The van der Waals surface area contributed by atoms with Gasteiger partial charge in [0.05, 0.1) is 6.61 Å². The highest BCUT2D eigenvalue weighted by Gasteiger charge is 2.11. The molecule has 0 fully saturated rings. The predicted molar refractivity (Wildman–Crippen MR) is 97.8 cm³/mol. The number of aliphatic carboxylic acids is 1. The Morgan fingerprint density at radius 2 is 1.81 bits per heavy atom. The van der Waals surface area contributed by atoms with E-state index in [-0.39, 0.29) is 18.1 Å². The van der Waals surface area contributed by atoms with Gasteiger partial charge in [0.15, 0.2) is 11.5 Å². The maximum absolute atomic E-state index is 13.0. The highest BCUT2D eigenvalue weighted by atomic mass is 19.1. The van der Waals surface area contributed by atoms with Crippen molar-refractivity contribution in [2.45, 2.75) is 20.5 Å². The minimum atomic E-state index is -1.25. The Labute approximate surface area is 156 Å². The van der Waals surface area contributed by atoms with Gasteiger partial charge in [0.25, 0.3) is 0 Å². The zero-order valence-electron chi connectivity index (χ0n) is 15.0. The Hall–Kier alpha value is -3.35. The molecule has 0 saturated carbocycles. The number of nitrogens with one attached hydrogen (secondary N) is 1. The highest BCUT2D eigenvalue weighted by molar-refractivity contribution is 5.96. The van der Waals surface area contributed by atoms with Crippen LogP contribution in [0.3, 0.4) is 0 Å². The molecule has 2 rings (SSSR count). The number of carboxylic acids is 1. The van der Waals surface area contributed by atoms with Crippen LogP contribution in [0, 0.1) is 5.82 Å². The van der Waals surface area contributed by atoms with Gasteiger partial charge in [0.2, 0.25) is 5.91 Å². The molecule has 0 aliphatic rings. The zero-order valence-corrected chi connectivity index (χ0v) is 15.0. The summed E-state index contributed by atoms with van der Waals surface area (Å²) in [7, 11) is 0. The van der Waals surface area contributed by atoms with Crippen molar-refractivity contribution in [1.29, 1.82) is 0 Å². The normalized spacial score (nSPS) is 11.0. The molecule has 27 heavy (non-hydrogen) atoms. The van der Waals surface area contributed by atoms with E-state index in [9.17, 15) is 19.1 Å². The largest absolute Gasteiger partial charge is 0.490 e. The summed E-state index contributed by atoms with van der Waals surface area (Å²) in [6.45, 7) is 3.65. The first-order valence-corrected chi connectivity index (χ1v) is 8.25. The Morgan fingerprint density at radius 3 is 2.41 bits per heavy atom. The topological polar surface area (TPSA) is 84.9 Å². The highest BCUT2D eigenvalue weighted by Crippen LogP contribution is 2.30. The van der Waals surface area contributed by atoms with Crippen molar-refractivity contribution < 1.29 is 28.6 Å². The summed E-state index contributed by atoms with van der Waals surface area (Å²) < 4.78 is 24.3. The van der Waals surface area contributed by atoms with E-state index in [1.54, 1.807) is 30.3 Å². The average Bonchev–Trinajstić information content (AvgIpc) is 2.61. The molecule has 6 nitrogen and oxygen atoms in total. The maximum Gasteiger partial charge on any atom is 0.352 e. The molecule has 0 saturated heterocycles. The van der Waals surface area contributed by atoms with Crippen molar-refractivity contribution in [3.8, 4) is 11.5 Å². The van der Waals surface area contributed by atoms with Crippen LogP contribution in [0.1, 0.15) is 25.0 Å². The van der Waals surface area contributed by atoms with Crippen LogP contribution in [0.25, 0.3) is 6.08 Å². The third-order valence-corrected chi connectivity index (χ3v) is 3.43. The van der Waals surface area contributed by atoms with Crippen molar-refractivity contribution in [1.82, 2.24) is 5.32 Å². The molecule has 0 atom stereocenters. The van der Waals surface area contributed by atoms with E-state index >= 15 is 0 Å². The second kappa shape index (κ2) is 9.38. The number of benzene rings is 2. The third kappa shape index (κ3) is 6.14. The van der Waals surface area contributed by atoms with Gasteiger partial charge in [-0.05, 0) is 48.4 Å². The second-order valence-electron chi connectivity index (χ2n) is 5.60. The van der Waals surface area contributed by atoms with Crippen LogP contribution in [0.4, 0.5) is 4.39 Å². The molecule has 1 amide bonds. The van der Waals surface area contributed by atoms with Gasteiger partial charge in [0, 0.05) is 6.92 Å². The number of rotatable bonds is 8. The van der Waals surface area contributed by atoms with Crippen LogP contribution in [0.5, 0.6) is 11.5 Å². The number of carbonyl (C=O) groups excluding carboxylic acids is 1. The van der Waals surface area contributed by atoms with E-state index in [2.05, 4.69) is 5.32 Å². The fourth-order valence-electron chi connectivity index (χ4n) is 2.25. The molecular weight excluding hydrogens is 353 g/mol. The Bertz CT molecular complexity index is 846. The van der Waals surface area contributed by atoms with E-state index in [0.717, 1.165) is 5.56 Å². The summed E-state index contributed by atoms with van der Waals surface area (Å²) in [5.74, 6) is -1.15. The first kappa shape index (κ1) is 20.0. The Morgan fingerprint density at radius 1 is 1.11 bits per heavy atom. The smallest absolute Gasteiger partial charge is 0.352 e. The van der Waals surface area contributed by atoms with Crippen molar-refractivity contribution in [3.05, 3.63) is 65.1 Å². The van der Waals surface area contributed by atoms with Crippen molar-refractivity contribution in [2.75, 3.05) is 6.61 Å². The molecule has 0 radical (unpaired) electrons. The van der Waals surface area contributed by atoms with Gasteiger partial charge < -0.3 is 19.9 Å². The molecule has 0 aromatic heterocycles. The van der Waals surface area contributed by atoms with E-state index in [0.29, 0.717) is 23.7 Å². The first-order chi connectivity index (χ1) is 12.9. The minimum Gasteiger partial charge on any atom is -0.490 e. The Balaban J connectivity index is 2.23. The molecule has 7 heteroatoms. The molecule has 0 bridgehead atoms. The van der Waals surface area contributed by atoms with E-state index in [1.165, 1.54) is 25.1 Å². The van der Waals surface area contributed by atoms with Crippen molar-refractivity contribution in [2.24, 2.45) is 0 Å². The molecule has 142 valence electrons. The monoisotopic (exact) mass is 373 g/mol. The number of hydrogen-bond acceptors (Lipinski definition) is 4. The van der Waals surface area contributed by atoms with Gasteiger partial charge in [-0.1, -0.05) is 18.2 Å². The summed E-state index contributed by atoms with van der Waals surface area (Å²) in [4.78, 5) is 22.4. The average molecular weight is 373 g/mol. The van der Waals surface area contributed by atoms with Crippen LogP contribution in [0.2, 0.25) is 0 Å². The summed E-state index contributed by atoms with van der Waals surface area (Å²) in [6, 6.07) is 10.9. The lowest BCUT2D eigenvalue weighted by molar-refractivity contribution is -0.134. The van der Waals surface area contributed by atoms with Crippen LogP contribution < -0.4 is 14.8 Å². The summed E-state index contributed by atoms with van der Waals surface area (Å²) >= 11 is 0. The fraction of sp³-hybridized carbons (Fsp3) is 0.200. The number of halogens is 1. The molecule has 0 spiro atoms. The third-order valence-electron chi connectivity index (χ3n) is 3.43. The molecule has 0 heterocycles. The number of carboxylic acid groups (broad SMARTS) is 1. The summed E-state index contributed by atoms with van der Waals surface area (Å²) in [5, 5.41) is 11.4. The molecular formula is C20H20FNO5. The number of amides is 1. The standard InChI is InChI=1S/C20H20FNO5/c1-3-26-19-11-15(10-17(20(24)25)22-13(2)23)6-9-18(19)27-12-14-4-7-16(21)8-5-14/h4-11H,3,12H2,1-2H3,(H,22,23)(H,24,25)/b17-10+. The first-order valence-electron chi connectivity index (χ1n) is 8.25. The zero-order chi connectivity index (χ0) is 19.8. The molecule has 0 aliphatic heterocycles. The van der Waals surface area contributed by atoms with Gasteiger partial charge in [-0.3, -0.25) is 4.79 Å². The van der Waals surface area contributed by atoms with Gasteiger partial charge in [0.1, 0.15) is 18.1 Å². The second-order valence-corrected chi connectivity index (χ2v) is 5.60. The van der Waals surface area contributed by atoms with Crippen molar-refractivity contribution in [3.63, 3.8) is 0 Å².